The van der Waals surface area contributed by atoms with Gasteiger partial charge in [-0.05, 0) is 13.1 Å². The maximum absolute atomic E-state index is 5.82. The van der Waals surface area contributed by atoms with E-state index in [1.165, 1.54) is 0 Å². The lowest BCUT2D eigenvalue weighted by Crippen LogP contribution is -2.62. The number of ether oxygens (including phenoxy) is 2. The fourth-order valence-electron chi connectivity index (χ4n) is 3.11. The van der Waals surface area contributed by atoms with Crippen molar-refractivity contribution in [1.29, 1.82) is 0 Å². The van der Waals surface area contributed by atoms with Gasteiger partial charge in [0.05, 0.1) is 12.6 Å². The summed E-state index contributed by atoms with van der Waals surface area (Å²) in [5.74, 6) is 3.56. The van der Waals surface area contributed by atoms with E-state index >= 15 is 0 Å². The molecule has 1 aromatic heterocycles. The van der Waals surface area contributed by atoms with E-state index in [-0.39, 0.29) is 11.6 Å². The SMILES string of the molecule is C#CC[C@]1(C(OC)c2cnccc2OC)CN(C)CCN1. The van der Waals surface area contributed by atoms with Crippen LogP contribution in [-0.2, 0) is 4.74 Å². The van der Waals surface area contributed by atoms with Crippen molar-refractivity contribution in [2.45, 2.75) is 18.1 Å². The van der Waals surface area contributed by atoms with Crippen LogP contribution in [0.5, 0.6) is 5.75 Å². The Morgan fingerprint density at radius 2 is 2.38 bits per heavy atom. The van der Waals surface area contributed by atoms with E-state index in [9.17, 15) is 0 Å². The van der Waals surface area contributed by atoms with Gasteiger partial charge in [0.2, 0.25) is 0 Å². The Balaban J connectivity index is 2.43. The highest BCUT2D eigenvalue weighted by Crippen LogP contribution is 2.37. The first-order chi connectivity index (χ1) is 10.2. The molecule has 5 heteroatoms. The Morgan fingerprint density at radius 3 is 3.00 bits per heavy atom. The molecule has 21 heavy (non-hydrogen) atoms. The van der Waals surface area contributed by atoms with Crippen LogP contribution in [0.2, 0.25) is 0 Å². The topological polar surface area (TPSA) is 46.6 Å². The van der Waals surface area contributed by atoms with E-state index < -0.39 is 0 Å². The molecule has 1 fully saturated rings. The minimum Gasteiger partial charge on any atom is -0.496 e. The summed E-state index contributed by atoms with van der Waals surface area (Å²) in [5.41, 5.74) is 0.577. The summed E-state index contributed by atoms with van der Waals surface area (Å²) in [6.45, 7) is 2.68. The van der Waals surface area contributed by atoms with Gasteiger partial charge in [0.25, 0.3) is 0 Å². The van der Waals surface area contributed by atoms with E-state index in [0.29, 0.717) is 6.42 Å². The van der Waals surface area contributed by atoms with Gasteiger partial charge in [0.15, 0.2) is 0 Å². The Bertz CT molecular complexity index is 514. The monoisotopic (exact) mass is 289 g/mol. The van der Waals surface area contributed by atoms with Crippen LogP contribution >= 0.6 is 0 Å². The van der Waals surface area contributed by atoms with Crippen molar-refractivity contribution in [1.82, 2.24) is 15.2 Å². The first-order valence-electron chi connectivity index (χ1n) is 7.04. The van der Waals surface area contributed by atoms with Crippen molar-refractivity contribution in [3.05, 3.63) is 24.0 Å². The zero-order valence-electron chi connectivity index (χ0n) is 12.9. The summed E-state index contributed by atoms with van der Waals surface area (Å²) in [5, 5.41) is 3.57. The molecule has 1 unspecified atom stereocenters. The molecule has 0 amide bonds. The van der Waals surface area contributed by atoms with Gasteiger partial charge in [0, 0.05) is 51.1 Å². The average molecular weight is 289 g/mol. The first-order valence-corrected chi connectivity index (χ1v) is 7.04. The Labute approximate surface area is 126 Å². The van der Waals surface area contributed by atoms with E-state index in [4.69, 9.17) is 15.9 Å². The molecule has 114 valence electrons. The van der Waals surface area contributed by atoms with Crippen molar-refractivity contribution >= 4 is 0 Å². The second-order valence-electron chi connectivity index (χ2n) is 5.43. The van der Waals surface area contributed by atoms with Crippen molar-refractivity contribution in [2.75, 3.05) is 40.9 Å². The highest BCUT2D eigenvalue weighted by Gasteiger charge is 2.43. The van der Waals surface area contributed by atoms with Crippen LogP contribution < -0.4 is 10.1 Å². The maximum Gasteiger partial charge on any atom is 0.127 e. The van der Waals surface area contributed by atoms with Crippen molar-refractivity contribution in [3.63, 3.8) is 0 Å². The fourth-order valence-corrected chi connectivity index (χ4v) is 3.11. The van der Waals surface area contributed by atoms with Crippen LogP contribution in [0.25, 0.3) is 0 Å². The average Bonchev–Trinajstić information content (AvgIpc) is 2.48. The molecule has 5 nitrogen and oxygen atoms in total. The van der Waals surface area contributed by atoms with Crippen LogP contribution in [-0.4, -0.2) is 56.3 Å². The van der Waals surface area contributed by atoms with Gasteiger partial charge in [-0.25, -0.2) is 0 Å². The van der Waals surface area contributed by atoms with Crippen LogP contribution in [0.3, 0.4) is 0 Å². The van der Waals surface area contributed by atoms with E-state index in [0.717, 1.165) is 30.9 Å². The molecule has 2 atom stereocenters. The summed E-state index contributed by atoms with van der Waals surface area (Å²) in [4.78, 5) is 6.48. The first kappa shape index (κ1) is 15.8. The number of nitrogens with zero attached hydrogens (tertiary/aromatic N) is 2. The third-order valence-electron chi connectivity index (χ3n) is 3.99. The molecule has 0 bridgehead atoms. The summed E-state index contributed by atoms with van der Waals surface area (Å²) in [6.07, 6.45) is 9.48. The largest absolute Gasteiger partial charge is 0.496 e. The molecule has 1 N–H and O–H groups in total. The molecular weight excluding hydrogens is 266 g/mol. The van der Waals surface area contributed by atoms with Crippen molar-refractivity contribution < 1.29 is 9.47 Å². The Kier molecular flexibility index (Phi) is 5.18. The number of likely N-dealkylation sites (N-methyl/N-ethyl adjacent to an activating group) is 1. The zero-order valence-corrected chi connectivity index (χ0v) is 12.9. The van der Waals surface area contributed by atoms with Gasteiger partial charge in [-0.1, -0.05) is 0 Å². The number of rotatable bonds is 5. The molecule has 0 radical (unpaired) electrons. The number of nitrogens with one attached hydrogen (secondary N) is 1. The fraction of sp³-hybridized carbons (Fsp3) is 0.562. The molecule has 0 spiro atoms. The quantitative estimate of drug-likeness (QED) is 0.822. The predicted molar refractivity (Wildman–Crippen MR) is 82.2 cm³/mol. The normalized spacial score (nSPS) is 24.3. The van der Waals surface area contributed by atoms with Crippen molar-refractivity contribution in [2.24, 2.45) is 0 Å². The van der Waals surface area contributed by atoms with Gasteiger partial charge in [-0.3, -0.25) is 4.98 Å². The second-order valence-corrected chi connectivity index (χ2v) is 5.43. The molecule has 0 saturated carbocycles. The number of terminal acetylenes is 1. The van der Waals surface area contributed by atoms with E-state index in [1.54, 1.807) is 26.6 Å². The number of methoxy groups -OCH3 is 2. The lowest BCUT2D eigenvalue weighted by Gasteiger charge is -2.46. The Morgan fingerprint density at radius 1 is 1.57 bits per heavy atom. The van der Waals surface area contributed by atoms with Gasteiger partial charge in [-0.2, -0.15) is 0 Å². The third-order valence-corrected chi connectivity index (χ3v) is 3.99. The van der Waals surface area contributed by atoms with Gasteiger partial charge < -0.3 is 19.7 Å². The Hall–Kier alpha value is -1.61. The highest BCUT2D eigenvalue weighted by atomic mass is 16.5. The summed E-state index contributed by atoms with van der Waals surface area (Å²) in [6, 6.07) is 1.84. The molecule has 2 heterocycles. The zero-order chi connectivity index (χ0) is 15.3. The lowest BCUT2D eigenvalue weighted by molar-refractivity contribution is -0.0140. The standard InChI is InChI=1S/C16H23N3O2/c1-5-7-16(12-19(2)10-9-18-16)15(21-4)13-11-17-8-6-14(13)20-3/h1,6,8,11,15,18H,7,9-10,12H2,2-4H3/t15?,16-/m1/s1. The second kappa shape index (κ2) is 6.90. The third kappa shape index (κ3) is 3.18. The van der Waals surface area contributed by atoms with Gasteiger partial charge >= 0.3 is 0 Å². The lowest BCUT2D eigenvalue weighted by atomic mass is 9.82. The number of aromatic nitrogens is 1. The van der Waals surface area contributed by atoms with Crippen LogP contribution in [0.4, 0.5) is 0 Å². The minimum absolute atomic E-state index is 0.222. The molecule has 1 aliphatic rings. The van der Waals surface area contributed by atoms with Crippen LogP contribution in [0.1, 0.15) is 18.1 Å². The van der Waals surface area contributed by atoms with Crippen LogP contribution in [0.15, 0.2) is 18.5 Å². The minimum atomic E-state index is -0.340. The number of hydrogen-bond donors (Lipinski definition) is 1. The molecule has 1 saturated heterocycles. The predicted octanol–water partition coefficient (Wildman–Crippen LogP) is 1.07. The number of piperazine rings is 1. The molecule has 0 aromatic carbocycles. The number of pyridine rings is 1. The number of hydrogen-bond acceptors (Lipinski definition) is 5. The maximum atomic E-state index is 5.82. The molecule has 0 aliphatic carbocycles. The molecule has 1 aliphatic heterocycles. The summed E-state index contributed by atoms with van der Waals surface area (Å²) in [7, 11) is 5.45. The molecular formula is C16H23N3O2. The van der Waals surface area contributed by atoms with Gasteiger partial charge in [-0.15, -0.1) is 12.3 Å². The van der Waals surface area contributed by atoms with Crippen molar-refractivity contribution in [3.8, 4) is 18.1 Å². The highest BCUT2D eigenvalue weighted by molar-refractivity contribution is 5.35. The molecule has 2 rings (SSSR count). The van der Waals surface area contributed by atoms with E-state index in [1.807, 2.05) is 6.07 Å². The smallest absolute Gasteiger partial charge is 0.127 e. The molecule has 1 aromatic rings. The van der Waals surface area contributed by atoms with Crippen LogP contribution in [0, 0.1) is 12.3 Å². The summed E-state index contributed by atoms with van der Waals surface area (Å²) >= 11 is 0. The van der Waals surface area contributed by atoms with Gasteiger partial charge in [0.1, 0.15) is 11.9 Å². The van der Waals surface area contributed by atoms with E-state index in [2.05, 4.69) is 28.2 Å². The summed E-state index contributed by atoms with van der Waals surface area (Å²) < 4.78 is 11.3.